The zero-order valence-electron chi connectivity index (χ0n) is 8.15. The fourth-order valence-electron chi connectivity index (χ4n) is 0.664. The van der Waals surface area contributed by atoms with Crippen LogP contribution in [-0.2, 0) is 18.1 Å². The van der Waals surface area contributed by atoms with Gasteiger partial charge in [-0.05, 0) is 20.8 Å². The largest absolute Gasteiger partial charge is 0.485 e. The second-order valence-corrected chi connectivity index (χ2v) is 3.67. The highest BCUT2D eigenvalue weighted by atomic mass is 28.3. The first-order valence-electron chi connectivity index (χ1n) is 4.20. The standard InChI is InChI=1S/C7H15NO4Si/c1-4-10-13(11-5-2)12-7(3)8-6-9/h7,13H,4-5H2,1-3H3. The van der Waals surface area contributed by atoms with E-state index in [2.05, 4.69) is 4.99 Å². The monoisotopic (exact) mass is 205 g/mol. The van der Waals surface area contributed by atoms with Gasteiger partial charge >= 0.3 is 9.53 Å². The maximum Gasteiger partial charge on any atom is 0.485 e. The Balaban J connectivity index is 3.84. The summed E-state index contributed by atoms with van der Waals surface area (Å²) >= 11 is 0. The second kappa shape index (κ2) is 8.09. The summed E-state index contributed by atoms with van der Waals surface area (Å²) in [5.41, 5.74) is 0. The lowest BCUT2D eigenvalue weighted by Crippen LogP contribution is -2.30. The summed E-state index contributed by atoms with van der Waals surface area (Å²) < 4.78 is 15.6. The number of aliphatic imine (C=N–C) groups is 1. The van der Waals surface area contributed by atoms with Crippen molar-refractivity contribution >= 4 is 15.6 Å². The maximum absolute atomic E-state index is 9.87. The van der Waals surface area contributed by atoms with Gasteiger partial charge in [-0.1, -0.05) is 0 Å². The van der Waals surface area contributed by atoms with Crippen molar-refractivity contribution in [3.63, 3.8) is 0 Å². The Hall–Kier alpha value is -0.523. The van der Waals surface area contributed by atoms with Gasteiger partial charge in [0, 0.05) is 13.2 Å². The third kappa shape index (κ3) is 6.62. The second-order valence-electron chi connectivity index (χ2n) is 2.16. The van der Waals surface area contributed by atoms with Crippen molar-refractivity contribution in [3.8, 4) is 0 Å². The van der Waals surface area contributed by atoms with Crippen molar-refractivity contribution in [1.29, 1.82) is 0 Å². The van der Waals surface area contributed by atoms with Crippen LogP contribution >= 0.6 is 0 Å². The van der Waals surface area contributed by atoms with Gasteiger partial charge in [0.15, 0.2) is 6.23 Å². The minimum atomic E-state index is -2.10. The first-order chi connectivity index (χ1) is 6.24. The van der Waals surface area contributed by atoms with Crippen LogP contribution in [0.5, 0.6) is 0 Å². The van der Waals surface area contributed by atoms with Gasteiger partial charge in [-0.2, -0.15) is 4.99 Å². The van der Waals surface area contributed by atoms with E-state index in [1.54, 1.807) is 6.92 Å². The minimum absolute atomic E-state index is 0.535. The molecule has 1 atom stereocenters. The summed E-state index contributed by atoms with van der Waals surface area (Å²) in [5, 5.41) is 0. The first-order valence-corrected chi connectivity index (χ1v) is 5.61. The Morgan fingerprint density at radius 1 is 1.38 bits per heavy atom. The molecule has 0 aromatic carbocycles. The molecule has 0 saturated heterocycles. The van der Waals surface area contributed by atoms with Gasteiger partial charge in [0.05, 0.1) is 0 Å². The molecule has 1 unspecified atom stereocenters. The van der Waals surface area contributed by atoms with Crippen LogP contribution in [0.25, 0.3) is 0 Å². The number of hydrogen-bond donors (Lipinski definition) is 0. The van der Waals surface area contributed by atoms with E-state index in [9.17, 15) is 4.79 Å². The van der Waals surface area contributed by atoms with Crippen LogP contribution in [0, 0.1) is 0 Å². The molecular formula is C7H15NO4Si. The van der Waals surface area contributed by atoms with E-state index in [0.717, 1.165) is 0 Å². The zero-order chi connectivity index (χ0) is 10.1. The van der Waals surface area contributed by atoms with E-state index < -0.39 is 15.8 Å². The average molecular weight is 205 g/mol. The molecule has 0 rings (SSSR count). The van der Waals surface area contributed by atoms with Crippen molar-refractivity contribution in [3.05, 3.63) is 0 Å². The molecule has 0 aliphatic rings. The molecule has 6 heteroatoms. The minimum Gasteiger partial charge on any atom is -0.376 e. The van der Waals surface area contributed by atoms with E-state index in [-0.39, 0.29) is 0 Å². The summed E-state index contributed by atoms with van der Waals surface area (Å²) in [6, 6.07) is 0. The fraction of sp³-hybridized carbons (Fsp3) is 0.857. The van der Waals surface area contributed by atoms with E-state index in [0.29, 0.717) is 13.2 Å². The molecule has 0 bridgehead atoms. The smallest absolute Gasteiger partial charge is 0.376 e. The van der Waals surface area contributed by atoms with Gasteiger partial charge in [0.1, 0.15) is 0 Å². The summed E-state index contributed by atoms with van der Waals surface area (Å²) in [4.78, 5) is 13.3. The third-order valence-corrected chi connectivity index (χ3v) is 2.98. The number of carbonyl (C=O) groups excluding carboxylic acids is 1. The summed E-state index contributed by atoms with van der Waals surface area (Å²) in [7, 11) is -2.10. The molecule has 13 heavy (non-hydrogen) atoms. The Morgan fingerprint density at radius 2 is 1.92 bits per heavy atom. The number of hydrogen-bond acceptors (Lipinski definition) is 5. The number of isocyanates is 1. The SMILES string of the molecule is CCO[SiH](OCC)OC(C)N=C=O. The van der Waals surface area contributed by atoms with Crippen molar-refractivity contribution < 1.29 is 18.1 Å². The predicted octanol–water partition coefficient (Wildman–Crippen LogP) is 0.475. The predicted molar refractivity (Wildman–Crippen MR) is 49.1 cm³/mol. The lowest BCUT2D eigenvalue weighted by molar-refractivity contribution is 0.0737. The highest BCUT2D eigenvalue weighted by Gasteiger charge is 2.16. The van der Waals surface area contributed by atoms with Crippen molar-refractivity contribution in [2.75, 3.05) is 13.2 Å². The number of rotatable bonds is 7. The Bertz CT molecular complexity index is 166. The van der Waals surface area contributed by atoms with Gasteiger partial charge in [-0.25, -0.2) is 4.79 Å². The topological polar surface area (TPSA) is 57.1 Å². The number of nitrogens with zero attached hydrogens (tertiary/aromatic N) is 1. The zero-order valence-corrected chi connectivity index (χ0v) is 9.30. The van der Waals surface area contributed by atoms with Crippen LogP contribution in [0.4, 0.5) is 0 Å². The summed E-state index contributed by atoms with van der Waals surface area (Å²) in [6.45, 7) is 6.43. The Kier molecular flexibility index (Phi) is 7.77. The lowest BCUT2D eigenvalue weighted by Gasteiger charge is -2.16. The lowest BCUT2D eigenvalue weighted by atomic mass is 10.7. The van der Waals surface area contributed by atoms with Crippen molar-refractivity contribution in [2.24, 2.45) is 4.99 Å². The normalized spacial score (nSPS) is 12.6. The van der Waals surface area contributed by atoms with Crippen LogP contribution in [0.2, 0.25) is 0 Å². The van der Waals surface area contributed by atoms with E-state index in [1.165, 1.54) is 6.08 Å². The Morgan fingerprint density at radius 3 is 2.31 bits per heavy atom. The Labute approximate surface area is 79.7 Å². The van der Waals surface area contributed by atoms with Gasteiger partial charge in [0.25, 0.3) is 0 Å². The third-order valence-electron chi connectivity index (χ3n) is 1.15. The van der Waals surface area contributed by atoms with Crippen molar-refractivity contribution in [1.82, 2.24) is 0 Å². The molecule has 0 aromatic heterocycles. The molecule has 0 aromatic rings. The molecule has 0 spiro atoms. The molecule has 0 saturated carbocycles. The van der Waals surface area contributed by atoms with Crippen LogP contribution in [0.1, 0.15) is 20.8 Å². The van der Waals surface area contributed by atoms with Crippen LogP contribution < -0.4 is 0 Å². The van der Waals surface area contributed by atoms with E-state index >= 15 is 0 Å². The van der Waals surface area contributed by atoms with E-state index in [1.807, 2.05) is 13.8 Å². The molecule has 0 aliphatic carbocycles. The average Bonchev–Trinajstić information content (AvgIpc) is 2.05. The molecule has 0 N–H and O–H groups in total. The van der Waals surface area contributed by atoms with Crippen LogP contribution in [0.3, 0.4) is 0 Å². The van der Waals surface area contributed by atoms with Gasteiger partial charge < -0.3 is 13.3 Å². The first kappa shape index (κ1) is 12.5. The fourth-order valence-corrected chi connectivity index (χ4v) is 1.84. The van der Waals surface area contributed by atoms with Crippen LogP contribution in [0.15, 0.2) is 4.99 Å². The molecule has 0 heterocycles. The molecular weight excluding hydrogens is 190 g/mol. The molecule has 5 nitrogen and oxygen atoms in total. The molecule has 0 amide bonds. The summed E-state index contributed by atoms with van der Waals surface area (Å²) in [5.74, 6) is 0. The molecule has 0 fully saturated rings. The molecule has 0 aliphatic heterocycles. The van der Waals surface area contributed by atoms with Gasteiger partial charge in [-0.15, -0.1) is 0 Å². The maximum atomic E-state index is 9.87. The van der Waals surface area contributed by atoms with Crippen molar-refractivity contribution in [2.45, 2.75) is 27.0 Å². The highest BCUT2D eigenvalue weighted by molar-refractivity contribution is 6.36. The summed E-state index contributed by atoms with van der Waals surface area (Å²) in [6.07, 6.45) is 0.883. The molecule has 0 radical (unpaired) electrons. The van der Waals surface area contributed by atoms with Gasteiger partial charge in [0.2, 0.25) is 6.08 Å². The molecule has 76 valence electrons. The quantitative estimate of drug-likeness (QED) is 0.344. The van der Waals surface area contributed by atoms with E-state index in [4.69, 9.17) is 13.3 Å². The van der Waals surface area contributed by atoms with Crippen LogP contribution in [-0.4, -0.2) is 35.0 Å². The van der Waals surface area contributed by atoms with Gasteiger partial charge in [-0.3, -0.25) is 0 Å². The highest BCUT2D eigenvalue weighted by Crippen LogP contribution is 1.98.